The number of carbonyl (C=O) groups is 2. The average molecular weight is 324 g/mol. The van der Waals surface area contributed by atoms with E-state index in [0.717, 1.165) is 16.7 Å². The molecule has 4 heteroatoms. The van der Waals surface area contributed by atoms with Crippen LogP contribution in [0.25, 0.3) is 0 Å². The van der Waals surface area contributed by atoms with Gasteiger partial charge >= 0.3 is 0 Å². The molecule has 0 bridgehead atoms. The molecule has 24 heavy (non-hydrogen) atoms. The summed E-state index contributed by atoms with van der Waals surface area (Å²) < 4.78 is 0. The Morgan fingerprint density at radius 2 is 1.54 bits per heavy atom. The number of rotatable bonds is 7. The molecule has 2 rings (SSSR count). The van der Waals surface area contributed by atoms with Crippen LogP contribution in [0.2, 0.25) is 0 Å². The number of nitrogens with two attached hydrogens (primary N) is 1. The molecule has 2 N–H and O–H groups in total. The maximum atomic E-state index is 12.5. The quantitative estimate of drug-likeness (QED) is 0.850. The van der Waals surface area contributed by atoms with E-state index in [2.05, 4.69) is 6.07 Å². The fourth-order valence-corrected chi connectivity index (χ4v) is 2.57. The van der Waals surface area contributed by atoms with Crippen molar-refractivity contribution in [3.63, 3.8) is 0 Å². The number of amides is 2. The number of hydrogen-bond donors (Lipinski definition) is 1. The molecular formula is C20H24N2O2. The minimum atomic E-state index is -0.450. The van der Waals surface area contributed by atoms with Gasteiger partial charge in [-0.3, -0.25) is 9.59 Å². The highest BCUT2D eigenvalue weighted by Gasteiger charge is 2.15. The maximum absolute atomic E-state index is 12.5. The van der Waals surface area contributed by atoms with Crippen molar-refractivity contribution in [2.45, 2.75) is 39.8 Å². The predicted octanol–water partition coefficient (Wildman–Crippen LogP) is 3.10. The van der Waals surface area contributed by atoms with Crippen molar-refractivity contribution in [1.82, 2.24) is 4.90 Å². The summed E-state index contributed by atoms with van der Waals surface area (Å²) in [6.45, 7) is 5.11. The number of nitrogens with zero attached hydrogens (tertiary/aromatic N) is 1. The Balaban J connectivity index is 2.14. The van der Waals surface area contributed by atoms with Crippen molar-refractivity contribution < 1.29 is 9.59 Å². The number of benzene rings is 2. The monoisotopic (exact) mass is 324 g/mol. The van der Waals surface area contributed by atoms with Crippen molar-refractivity contribution in [2.75, 3.05) is 0 Å². The van der Waals surface area contributed by atoms with Crippen LogP contribution in [0.4, 0.5) is 0 Å². The molecule has 0 aromatic heterocycles. The summed E-state index contributed by atoms with van der Waals surface area (Å²) in [5.74, 6) is -0.509. The lowest BCUT2D eigenvalue weighted by atomic mass is 10.1. The normalized spacial score (nSPS) is 10.4. The van der Waals surface area contributed by atoms with Gasteiger partial charge in [0.25, 0.3) is 0 Å². The van der Waals surface area contributed by atoms with Gasteiger partial charge in [-0.1, -0.05) is 59.7 Å². The SMILES string of the molecule is Cc1ccc(CN(Cc2cccc(C)c2)C(=O)CCC(N)=O)cc1. The van der Waals surface area contributed by atoms with Crippen LogP contribution in [0.15, 0.2) is 48.5 Å². The number of hydrogen-bond acceptors (Lipinski definition) is 2. The standard InChI is InChI=1S/C20H24N2O2/c1-15-6-8-17(9-7-15)13-22(20(24)11-10-19(21)23)14-18-5-3-4-16(2)12-18/h3-9,12H,10-11,13-14H2,1-2H3,(H2,21,23). The highest BCUT2D eigenvalue weighted by Crippen LogP contribution is 2.14. The highest BCUT2D eigenvalue weighted by atomic mass is 16.2. The molecule has 0 fully saturated rings. The Kier molecular flexibility index (Phi) is 6.13. The van der Waals surface area contributed by atoms with Crippen LogP contribution in [0.3, 0.4) is 0 Å². The summed E-state index contributed by atoms with van der Waals surface area (Å²) >= 11 is 0. The number of carbonyl (C=O) groups excluding carboxylic acids is 2. The lowest BCUT2D eigenvalue weighted by Gasteiger charge is -2.23. The van der Waals surface area contributed by atoms with E-state index in [1.807, 2.05) is 56.3 Å². The van der Waals surface area contributed by atoms with Gasteiger partial charge in [-0.25, -0.2) is 0 Å². The predicted molar refractivity (Wildman–Crippen MR) is 95.0 cm³/mol. The molecule has 126 valence electrons. The summed E-state index contributed by atoms with van der Waals surface area (Å²) in [7, 11) is 0. The third kappa shape index (κ3) is 5.54. The van der Waals surface area contributed by atoms with E-state index in [9.17, 15) is 9.59 Å². The lowest BCUT2D eigenvalue weighted by molar-refractivity contribution is -0.134. The molecule has 2 aromatic carbocycles. The van der Waals surface area contributed by atoms with Crippen LogP contribution in [-0.4, -0.2) is 16.7 Å². The first-order valence-electron chi connectivity index (χ1n) is 8.11. The fourth-order valence-electron chi connectivity index (χ4n) is 2.57. The van der Waals surface area contributed by atoms with Crippen molar-refractivity contribution in [3.8, 4) is 0 Å². The Bertz CT molecular complexity index is 708. The van der Waals surface area contributed by atoms with Gasteiger partial charge in [-0.05, 0) is 25.0 Å². The van der Waals surface area contributed by atoms with Gasteiger partial charge in [-0.15, -0.1) is 0 Å². The second-order valence-corrected chi connectivity index (χ2v) is 6.19. The molecule has 4 nitrogen and oxygen atoms in total. The Morgan fingerprint density at radius 3 is 2.17 bits per heavy atom. The number of aryl methyl sites for hydroxylation is 2. The van der Waals surface area contributed by atoms with Gasteiger partial charge < -0.3 is 10.6 Å². The summed E-state index contributed by atoms with van der Waals surface area (Å²) in [6.07, 6.45) is 0.226. The van der Waals surface area contributed by atoms with Crippen LogP contribution < -0.4 is 5.73 Å². The van der Waals surface area contributed by atoms with Gasteiger partial charge in [-0.2, -0.15) is 0 Å². The topological polar surface area (TPSA) is 63.4 Å². The summed E-state index contributed by atoms with van der Waals surface area (Å²) in [5, 5.41) is 0. The lowest BCUT2D eigenvalue weighted by Crippen LogP contribution is -2.31. The van der Waals surface area contributed by atoms with E-state index in [-0.39, 0.29) is 18.7 Å². The van der Waals surface area contributed by atoms with E-state index < -0.39 is 5.91 Å². The molecule has 0 radical (unpaired) electrons. The average Bonchev–Trinajstić information content (AvgIpc) is 2.54. The zero-order chi connectivity index (χ0) is 17.5. The van der Waals surface area contributed by atoms with E-state index in [1.165, 1.54) is 5.56 Å². The van der Waals surface area contributed by atoms with Gasteiger partial charge in [0.15, 0.2) is 0 Å². The minimum Gasteiger partial charge on any atom is -0.370 e. The molecule has 2 aromatic rings. The van der Waals surface area contributed by atoms with E-state index in [1.54, 1.807) is 4.90 Å². The molecule has 0 atom stereocenters. The summed E-state index contributed by atoms with van der Waals surface area (Å²) in [6, 6.07) is 16.2. The molecule has 0 heterocycles. The third-order valence-corrected chi connectivity index (χ3v) is 3.89. The van der Waals surface area contributed by atoms with Gasteiger partial charge in [0.1, 0.15) is 0 Å². The largest absolute Gasteiger partial charge is 0.370 e. The fraction of sp³-hybridized carbons (Fsp3) is 0.300. The number of primary amides is 1. The second kappa shape index (κ2) is 8.29. The van der Waals surface area contributed by atoms with Gasteiger partial charge in [0, 0.05) is 25.9 Å². The zero-order valence-corrected chi connectivity index (χ0v) is 14.3. The molecule has 0 aliphatic heterocycles. The molecule has 0 saturated heterocycles. The first-order chi connectivity index (χ1) is 11.4. The van der Waals surface area contributed by atoms with Crippen LogP contribution in [0, 0.1) is 13.8 Å². The smallest absolute Gasteiger partial charge is 0.223 e. The van der Waals surface area contributed by atoms with Crippen molar-refractivity contribution >= 4 is 11.8 Å². The molecule has 0 aliphatic carbocycles. The third-order valence-electron chi connectivity index (χ3n) is 3.89. The van der Waals surface area contributed by atoms with Gasteiger partial charge in [0.05, 0.1) is 0 Å². The molecule has 0 saturated carbocycles. The zero-order valence-electron chi connectivity index (χ0n) is 14.3. The first kappa shape index (κ1) is 17.7. The van der Waals surface area contributed by atoms with E-state index in [4.69, 9.17) is 5.73 Å². The summed E-state index contributed by atoms with van der Waals surface area (Å²) in [4.78, 5) is 25.3. The van der Waals surface area contributed by atoms with Gasteiger partial charge in [0.2, 0.25) is 11.8 Å². The van der Waals surface area contributed by atoms with Crippen LogP contribution >= 0.6 is 0 Å². The minimum absolute atomic E-state index is 0.0594. The molecule has 0 spiro atoms. The Morgan fingerprint density at radius 1 is 0.875 bits per heavy atom. The molecule has 0 unspecified atom stereocenters. The van der Waals surface area contributed by atoms with Crippen LogP contribution in [0.5, 0.6) is 0 Å². The second-order valence-electron chi connectivity index (χ2n) is 6.19. The van der Waals surface area contributed by atoms with Crippen molar-refractivity contribution in [1.29, 1.82) is 0 Å². The van der Waals surface area contributed by atoms with E-state index >= 15 is 0 Å². The Labute approximate surface area is 143 Å². The highest BCUT2D eigenvalue weighted by molar-refractivity contribution is 5.82. The van der Waals surface area contributed by atoms with Crippen molar-refractivity contribution in [3.05, 3.63) is 70.8 Å². The van der Waals surface area contributed by atoms with E-state index in [0.29, 0.717) is 13.1 Å². The molecular weight excluding hydrogens is 300 g/mol. The maximum Gasteiger partial charge on any atom is 0.223 e. The first-order valence-corrected chi connectivity index (χ1v) is 8.11. The Hall–Kier alpha value is -2.62. The molecule has 2 amide bonds. The van der Waals surface area contributed by atoms with Crippen LogP contribution in [0.1, 0.15) is 35.1 Å². The summed E-state index contributed by atoms with van der Waals surface area (Å²) in [5.41, 5.74) is 9.67. The van der Waals surface area contributed by atoms with Crippen molar-refractivity contribution in [2.24, 2.45) is 5.73 Å². The molecule has 0 aliphatic rings. The van der Waals surface area contributed by atoms with Crippen LogP contribution in [-0.2, 0) is 22.7 Å².